The number of ether oxygens (including phenoxy) is 3. The van der Waals surface area contributed by atoms with Gasteiger partial charge in [-0.3, -0.25) is 9.69 Å². The number of benzene rings is 2. The largest absolute Gasteiger partial charge is 0.497 e. The van der Waals surface area contributed by atoms with Crippen LogP contribution in [-0.2, 0) is 27.1 Å². The number of aromatic nitrogens is 1. The number of anilines is 2. The van der Waals surface area contributed by atoms with E-state index in [1.807, 2.05) is 0 Å². The third kappa shape index (κ3) is 6.25. The number of alkyl halides is 3. The zero-order valence-electron chi connectivity index (χ0n) is 18.5. The minimum Gasteiger partial charge on any atom is -0.497 e. The maximum absolute atomic E-state index is 13.1. The van der Waals surface area contributed by atoms with Gasteiger partial charge in [0.2, 0.25) is 5.91 Å². The number of nitrogens with zero attached hydrogens (tertiary/aromatic N) is 2. The van der Waals surface area contributed by atoms with Gasteiger partial charge >= 0.3 is 12.1 Å². The van der Waals surface area contributed by atoms with Crippen LogP contribution in [0.4, 0.5) is 24.0 Å². The molecule has 1 atom stereocenters. The van der Waals surface area contributed by atoms with E-state index in [9.17, 15) is 22.8 Å². The standard InChI is InChI=1S/C23H21F3N2O5S/c1-14(33-20-9-7-19(31-3)8-10-20)21(30)32-12-17-13-34-22(27-17)28(15(2)29)18-6-4-5-16(11-18)23(24,25)26/h4-11,13-14H,12H2,1-3H3. The molecule has 1 amide bonds. The van der Waals surface area contributed by atoms with E-state index in [-0.39, 0.29) is 17.4 Å². The Hall–Kier alpha value is -3.60. The molecule has 180 valence electrons. The van der Waals surface area contributed by atoms with Crippen molar-refractivity contribution in [2.75, 3.05) is 12.0 Å². The normalized spacial score (nSPS) is 12.1. The Kier molecular flexibility index (Phi) is 7.77. The summed E-state index contributed by atoms with van der Waals surface area (Å²) in [5.74, 6) is -0.0450. The monoisotopic (exact) mass is 494 g/mol. The lowest BCUT2D eigenvalue weighted by Crippen LogP contribution is -2.26. The number of amides is 1. The highest BCUT2D eigenvalue weighted by molar-refractivity contribution is 7.14. The van der Waals surface area contributed by atoms with E-state index in [4.69, 9.17) is 14.2 Å². The summed E-state index contributed by atoms with van der Waals surface area (Å²) >= 11 is 1.04. The van der Waals surface area contributed by atoms with Crippen LogP contribution in [0.15, 0.2) is 53.9 Å². The Labute approximate surface area is 197 Å². The first-order valence-corrected chi connectivity index (χ1v) is 10.9. The van der Waals surface area contributed by atoms with Gasteiger partial charge in [0.15, 0.2) is 11.2 Å². The van der Waals surface area contributed by atoms with Gasteiger partial charge in [-0.05, 0) is 49.4 Å². The van der Waals surface area contributed by atoms with Crippen molar-refractivity contribution in [3.05, 3.63) is 65.2 Å². The molecular formula is C23H21F3N2O5S. The lowest BCUT2D eigenvalue weighted by Gasteiger charge is -2.19. The van der Waals surface area contributed by atoms with E-state index in [2.05, 4.69) is 4.98 Å². The first-order valence-electron chi connectivity index (χ1n) is 9.98. The van der Waals surface area contributed by atoms with Crippen molar-refractivity contribution in [1.82, 2.24) is 4.98 Å². The van der Waals surface area contributed by atoms with Crippen LogP contribution in [-0.4, -0.2) is 30.1 Å². The molecule has 34 heavy (non-hydrogen) atoms. The zero-order chi connectivity index (χ0) is 24.9. The number of hydrogen-bond acceptors (Lipinski definition) is 7. The summed E-state index contributed by atoms with van der Waals surface area (Å²) in [4.78, 5) is 29.8. The second kappa shape index (κ2) is 10.6. The first kappa shape index (κ1) is 25.0. The molecule has 0 bridgehead atoms. The molecule has 0 aliphatic carbocycles. The molecule has 0 fully saturated rings. The van der Waals surface area contributed by atoms with E-state index < -0.39 is 29.7 Å². The fourth-order valence-corrected chi connectivity index (χ4v) is 3.75. The van der Waals surface area contributed by atoms with Gasteiger partial charge in [-0.2, -0.15) is 13.2 Å². The van der Waals surface area contributed by atoms with Crippen LogP contribution in [0.3, 0.4) is 0 Å². The van der Waals surface area contributed by atoms with E-state index >= 15 is 0 Å². The lowest BCUT2D eigenvalue weighted by atomic mass is 10.2. The van der Waals surface area contributed by atoms with E-state index in [0.29, 0.717) is 17.2 Å². The van der Waals surface area contributed by atoms with Gasteiger partial charge in [-0.15, -0.1) is 11.3 Å². The highest BCUT2D eigenvalue weighted by atomic mass is 32.1. The van der Waals surface area contributed by atoms with Gasteiger partial charge in [-0.1, -0.05) is 6.07 Å². The molecule has 0 N–H and O–H groups in total. The Morgan fingerprint density at radius 2 is 1.79 bits per heavy atom. The summed E-state index contributed by atoms with van der Waals surface area (Å²) in [6.07, 6.45) is -5.45. The predicted molar refractivity (Wildman–Crippen MR) is 119 cm³/mol. The van der Waals surface area contributed by atoms with Gasteiger partial charge in [0, 0.05) is 12.3 Å². The topological polar surface area (TPSA) is 78.0 Å². The number of rotatable bonds is 8. The zero-order valence-corrected chi connectivity index (χ0v) is 19.3. The van der Waals surface area contributed by atoms with Crippen LogP contribution in [0.1, 0.15) is 25.1 Å². The molecule has 1 aromatic heterocycles. The van der Waals surface area contributed by atoms with Gasteiger partial charge in [0.1, 0.15) is 18.1 Å². The number of halogens is 3. The molecular weight excluding hydrogens is 473 g/mol. The van der Waals surface area contributed by atoms with Gasteiger partial charge in [0.05, 0.1) is 24.1 Å². The average Bonchev–Trinajstić information content (AvgIpc) is 3.25. The van der Waals surface area contributed by atoms with Crippen molar-refractivity contribution in [2.45, 2.75) is 32.7 Å². The summed E-state index contributed by atoms with van der Waals surface area (Å²) in [5, 5.41) is 1.71. The molecule has 3 rings (SSSR count). The van der Waals surface area contributed by atoms with Crippen molar-refractivity contribution in [3.63, 3.8) is 0 Å². The number of carbonyl (C=O) groups is 2. The number of thiazole rings is 1. The van der Waals surface area contributed by atoms with Crippen molar-refractivity contribution in [3.8, 4) is 11.5 Å². The third-order valence-corrected chi connectivity index (χ3v) is 5.42. The Morgan fingerprint density at radius 1 is 1.12 bits per heavy atom. The Morgan fingerprint density at radius 3 is 2.41 bits per heavy atom. The maximum atomic E-state index is 13.1. The van der Waals surface area contributed by atoms with Crippen molar-refractivity contribution < 1.29 is 37.0 Å². The highest BCUT2D eigenvalue weighted by Gasteiger charge is 2.31. The first-order chi connectivity index (χ1) is 16.1. The molecule has 0 saturated heterocycles. The molecule has 11 heteroatoms. The second-order valence-corrected chi connectivity index (χ2v) is 7.90. The fraction of sp³-hybridized carbons (Fsp3) is 0.261. The summed E-state index contributed by atoms with van der Waals surface area (Å²) in [6.45, 7) is 2.56. The molecule has 2 aromatic carbocycles. The molecule has 0 saturated carbocycles. The number of hydrogen-bond donors (Lipinski definition) is 0. The van der Waals surface area contributed by atoms with Crippen molar-refractivity contribution >= 4 is 34.0 Å². The predicted octanol–water partition coefficient (Wildman–Crippen LogP) is 5.37. The number of esters is 1. The maximum Gasteiger partial charge on any atom is 0.416 e. The Bertz CT molecular complexity index is 1150. The third-order valence-electron chi connectivity index (χ3n) is 4.54. The minimum absolute atomic E-state index is 0.0294. The summed E-state index contributed by atoms with van der Waals surface area (Å²) in [5.41, 5.74) is -0.516. The van der Waals surface area contributed by atoms with Gasteiger partial charge in [-0.25, -0.2) is 9.78 Å². The van der Waals surface area contributed by atoms with Crippen LogP contribution in [0.5, 0.6) is 11.5 Å². The van der Waals surface area contributed by atoms with E-state index in [0.717, 1.165) is 28.4 Å². The van der Waals surface area contributed by atoms with E-state index in [1.54, 1.807) is 29.6 Å². The van der Waals surface area contributed by atoms with Gasteiger partial charge in [0.25, 0.3) is 0 Å². The van der Waals surface area contributed by atoms with Crippen molar-refractivity contribution in [2.24, 2.45) is 0 Å². The van der Waals surface area contributed by atoms with E-state index in [1.165, 1.54) is 33.1 Å². The molecule has 0 aliphatic rings. The molecule has 1 unspecified atom stereocenters. The molecule has 0 aliphatic heterocycles. The number of methoxy groups -OCH3 is 1. The average molecular weight is 494 g/mol. The fourth-order valence-electron chi connectivity index (χ4n) is 2.88. The Balaban J connectivity index is 1.65. The van der Waals surface area contributed by atoms with Crippen molar-refractivity contribution in [1.29, 1.82) is 0 Å². The molecule has 1 heterocycles. The molecule has 0 radical (unpaired) electrons. The number of carbonyl (C=O) groups excluding carboxylic acids is 2. The lowest BCUT2D eigenvalue weighted by molar-refractivity contribution is -0.152. The molecule has 3 aromatic rings. The summed E-state index contributed by atoms with van der Waals surface area (Å²) in [6, 6.07) is 11.1. The highest BCUT2D eigenvalue weighted by Crippen LogP contribution is 2.35. The summed E-state index contributed by atoms with van der Waals surface area (Å²) in [7, 11) is 1.54. The molecule has 7 nitrogen and oxygen atoms in total. The van der Waals surface area contributed by atoms with Crippen LogP contribution >= 0.6 is 11.3 Å². The van der Waals surface area contributed by atoms with Gasteiger partial charge < -0.3 is 14.2 Å². The quantitative estimate of drug-likeness (QED) is 0.392. The van der Waals surface area contributed by atoms with Crippen LogP contribution in [0.25, 0.3) is 0 Å². The van der Waals surface area contributed by atoms with Crippen LogP contribution in [0.2, 0.25) is 0 Å². The van der Waals surface area contributed by atoms with Crippen LogP contribution in [0, 0.1) is 0 Å². The second-order valence-electron chi connectivity index (χ2n) is 7.07. The SMILES string of the molecule is COc1ccc(OC(C)C(=O)OCc2csc(N(C(C)=O)c3cccc(C(F)(F)F)c3)n2)cc1. The van der Waals surface area contributed by atoms with Crippen LogP contribution < -0.4 is 14.4 Å². The minimum atomic E-state index is -4.55. The molecule has 0 spiro atoms. The summed E-state index contributed by atoms with van der Waals surface area (Å²) < 4.78 is 55.1. The smallest absolute Gasteiger partial charge is 0.416 e.